The molecule has 18 heavy (non-hydrogen) atoms. The van der Waals surface area contributed by atoms with E-state index < -0.39 is 12.0 Å². The Morgan fingerprint density at radius 1 is 1.61 bits per heavy atom. The van der Waals surface area contributed by atoms with Crippen LogP contribution in [0.4, 0.5) is 4.79 Å². The van der Waals surface area contributed by atoms with Gasteiger partial charge in [0.25, 0.3) is 0 Å². The van der Waals surface area contributed by atoms with Crippen molar-refractivity contribution in [1.82, 2.24) is 15.4 Å². The van der Waals surface area contributed by atoms with Crippen molar-refractivity contribution in [1.29, 1.82) is 0 Å². The van der Waals surface area contributed by atoms with Gasteiger partial charge in [-0.25, -0.2) is 4.79 Å². The van der Waals surface area contributed by atoms with Crippen molar-refractivity contribution in [2.24, 2.45) is 0 Å². The first kappa shape index (κ1) is 14.0. The molecule has 7 heteroatoms. The molecule has 1 aromatic rings. The van der Waals surface area contributed by atoms with Gasteiger partial charge in [0.1, 0.15) is 18.5 Å². The molecule has 0 aromatic carbocycles. The zero-order chi connectivity index (χ0) is 13.5. The number of urea groups is 1. The second-order valence-electron chi connectivity index (χ2n) is 3.93. The second kappa shape index (κ2) is 6.63. The molecule has 1 heterocycles. The summed E-state index contributed by atoms with van der Waals surface area (Å²) in [7, 11) is 0. The van der Waals surface area contributed by atoms with E-state index in [1.165, 1.54) is 11.2 Å². The molecule has 100 valence electrons. The third-order valence-electron chi connectivity index (χ3n) is 2.60. The van der Waals surface area contributed by atoms with Gasteiger partial charge in [-0.15, -0.1) is 0 Å². The largest absolute Gasteiger partial charge is 0.480 e. The van der Waals surface area contributed by atoms with Crippen LogP contribution in [0.1, 0.15) is 26.0 Å². The van der Waals surface area contributed by atoms with Gasteiger partial charge < -0.3 is 19.8 Å². The maximum Gasteiger partial charge on any atom is 0.323 e. The number of nitrogens with one attached hydrogen (secondary N) is 1. The van der Waals surface area contributed by atoms with Gasteiger partial charge in [0, 0.05) is 12.1 Å². The molecule has 0 spiro atoms. The molecular weight excluding hydrogens is 238 g/mol. The lowest BCUT2D eigenvalue weighted by molar-refractivity contribution is -0.138. The SMILES string of the molecule is CCC(C)N(CC(=O)O)C(=O)NCc1ccon1. The summed E-state index contributed by atoms with van der Waals surface area (Å²) in [4.78, 5) is 23.9. The Morgan fingerprint density at radius 2 is 2.33 bits per heavy atom. The number of carboxylic acid groups (broad SMARTS) is 1. The van der Waals surface area contributed by atoms with Crippen LogP contribution in [0.15, 0.2) is 16.9 Å². The fourth-order valence-corrected chi connectivity index (χ4v) is 1.39. The third kappa shape index (κ3) is 4.08. The molecule has 0 saturated heterocycles. The molecule has 1 unspecified atom stereocenters. The average Bonchev–Trinajstić information content (AvgIpc) is 2.85. The zero-order valence-corrected chi connectivity index (χ0v) is 10.4. The molecule has 0 aliphatic heterocycles. The lowest BCUT2D eigenvalue weighted by Gasteiger charge is -2.26. The van der Waals surface area contributed by atoms with E-state index in [-0.39, 0.29) is 19.1 Å². The number of amides is 2. The Balaban J connectivity index is 2.55. The van der Waals surface area contributed by atoms with Crippen LogP contribution in [0.5, 0.6) is 0 Å². The Kier molecular flexibility index (Phi) is 5.16. The molecule has 0 saturated carbocycles. The van der Waals surface area contributed by atoms with Crippen molar-refractivity contribution < 1.29 is 19.2 Å². The highest BCUT2D eigenvalue weighted by atomic mass is 16.5. The number of aromatic nitrogens is 1. The van der Waals surface area contributed by atoms with Crippen LogP contribution in [-0.4, -0.2) is 39.8 Å². The van der Waals surface area contributed by atoms with E-state index in [9.17, 15) is 9.59 Å². The lowest BCUT2D eigenvalue weighted by Crippen LogP contribution is -2.47. The first-order chi connectivity index (χ1) is 8.54. The van der Waals surface area contributed by atoms with Crippen LogP contribution in [0.2, 0.25) is 0 Å². The summed E-state index contributed by atoms with van der Waals surface area (Å²) in [6.45, 7) is 3.59. The predicted molar refractivity (Wildman–Crippen MR) is 62.8 cm³/mol. The van der Waals surface area contributed by atoms with Crippen molar-refractivity contribution in [3.05, 3.63) is 18.0 Å². The van der Waals surface area contributed by atoms with Gasteiger partial charge in [0.05, 0.1) is 6.54 Å². The summed E-state index contributed by atoms with van der Waals surface area (Å²) in [6.07, 6.45) is 2.09. The standard InChI is InChI=1S/C11H17N3O4/c1-3-8(2)14(7-10(15)16)11(17)12-6-9-4-5-18-13-9/h4-5,8H,3,6-7H2,1-2H3,(H,12,17)(H,15,16). The fourth-order valence-electron chi connectivity index (χ4n) is 1.39. The smallest absolute Gasteiger partial charge is 0.323 e. The molecular formula is C11H17N3O4. The topological polar surface area (TPSA) is 95.7 Å². The van der Waals surface area contributed by atoms with Crippen LogP contribution >= 0.6 is 0 Å². The van der Waals surface area contributed by atoms with Crippen LogP contribution in [0.3, 0.4) is 0 Å². The molecule has 1 aromatic heterocycles. The summed E-state index contributed by atoms with van der Waals surface area (Å²) in [5.74, 6) is -1.04. The quantitative estimate of drug-likeness (QED) is 0.792. The molecule has 1 rings (SSSR count). The Morgan fingerprint density at radius 3 is 2.83 bits per heavy atom. The summed E-state index contributed by atoms with van der Waals surface area (Å²) in [5, 5.41) is 15.0. The van der Waals surface area contributed by atoms with Gasteiger partial charge in [-0.3, -0.25) is 4.79 Å². The number of hydrogen-bond acceptors (Lipinski definition) is 4. The van der Waals surface area contributed by atoms with Crippen molar-refractivity contribution in [2.45, 2.75) is 32.9 Å². The van der Waals surface area contributed by atoms with Crippen molar-refractivity contribution in [2.75, 3.05) is 6.54 Å². The molecule has 0 radical (unpaired) electrons. The van der Waals surface area contributed by atoms with E-state index in [1.807, 2.05) is 6.92 Å². The van der Waals surface area contributed by atoms with Crippen LogP contribution in [0.25, 0.3) is 0 Å². The van der Waals surface area contributed by atoms with E-state index in [1.54, 1.807) is 13.0 Å². The van der Waals surface area contributed by atoms with E-state index >= 15 is 0 Å². The van der Waals surface area contributed by atoms with E-state index in [2.05, 4.69) is 15.0 Å². The number of carbonyl (C=O) groups is 2. The summed E-state index contributed by atoms with van der Waals surface area (Å²) in [6, 6.07) is 1.07. The second-order valence-corrected chi connectivity index (χ2v) is 3.93. The number of rotatable bonds is 6. The van der Waals surface area contributed by atoms with Gasteiger partial charge in [-0.1, -0.05) is 12.1 Å². The van der Waals surface area contributed by atoms with Crippen LogP contribution in [-0.2, 0) is 11.3 Å². The summed E-state index contributed by atoms with van der Waals surface area (Å²) < 4.78 is 4.63. The van der Waals surface area contributed by atoms with Gasteiger partial charge >= 0.3 is 12.0 Å². The minimum Gasteiger partial charge on any atom is -0.480 e. The molecule has 0 aliphatic rings. The van der Waals surface area contributed by atoms with Gasteiger partial charge in [-0.05, 0) is 13.3 Å². The number of carbonyl (C=O) groups excluding carboxylic acids is 1. The molecule has 0 bridgehead atoms. The first-order valence-corrected chi connectivity index (χ1v) is 5.70. The monoisotopic (exact) mass is 255 g/mol. The molecule has 0 aliphatic carbocycles. The molecule has 1 atom stereocenters. The number of aliphatic carboxylic acids is 1. The molecule has 2 amide bonds. The van der Waals surface area contributed by atoms with Gasteiger partial charge in [-0.2, -0.15) is 0 Å². The Bertz CT molecular complexity index is 391. The summed E-state index contributed by atoms with van der Waals surface area (Å²) >= 11 is 0. The summed E-state index contributed by atoms with van der Waals surface area (Å²) in [5.41, 5.74) is 0.586. The molecule has 0 fully saturated rings. The normalized spacial score (nSPS) is 11.9. The number of hydrogen-bond donors (Lipinski definition) is 2. The van der Waals surface area contributed by atoms with E-state index in [4.69, 9.17) is 5.11 Å². The predicted octanol–water partition coefficient (Wildman–Crippen LogP) is 1.07. The lowest BCUT2D eigenvalue weighted by atomic mass is 10.2. The highest BCUT2D eigenvalue weighted by molar-refractivity contribution is 5.80. The highest BCUT2D eigenvalue weighted by Gasteiger charge is 2.21. The maximum absolute atomic E-state index is 11.9. The number of nitrogens with zero attached hydrogens (tertiary/aromatic N) is 2. The van der Waals surface area contributed by atoms with E-state index in [0.29, 0.717) is 12.1 Å². The third-order valence-corrected chi connectivity index (χ3v) is 2.60. The molecule has 2 N–H and O–H groups in total. The highest BCUT2D eigenvalue weighted by Crippen LogP contribution is 2.04. The Hall–Kier alpha value is -2.05. The minimum absolute atomic E-state index is 0.140. The van der Waals surface area contributed by atoms with Gasteiger partial charge in [0.15, 0.2) is 0 Å². The minimum atomic E-state index is -1.04. The van der Waals surface area contributed by atoms with Gasteiger partial charge in [0.2, 0.25) is 0 Å². The fraction of sp³-hybridized carbons (Fsp3) is 0.545. The van der Waals surface area contributed by atoms with Crippen LogP contribution < -0.4 is 5.32 Å². The maximum atomic E-state index is 11.9. The van der Waals surface area contributed by atoms with Crippen molar-refractivity contribution in [3.63, 3.8) is 0 Å². The van der Waals surface area contributed by atoms with Crippen molar-refractivity contribution >= 4 is 12.0 Å². The Labute approximate surface area is 105 Å². The zero-order valence-electron chi connectivity index (χ0n) is 10.4. The first-order valence-electron chi connectivity index (χ1n) is 5.70. The molecule has 7 nitrogen and oxygen atoms in total. The van der Waals surface area contributed by atoms with Crippen LogP contribution in [0, 0.1) is 0 Å². The average molecular weight is 255 g/mol. The number of carboxylic acids is 1. The van der Waals surface area contributed by atoms with E-state index in [0.717, 1.165) is 0 Å². The van der Waals surface area contributed by atoms with Crippen molar-refractivity contribution in [3.8, 4) is 0 Å².